The summed E-state index contributed by atoms with van der Waals surface area (Å²) >= 11 is 3.42. The molecule has 0 bridgehead atoms. The Morgan fingerprint density at radius 1 is 1.59 bits per heavy atom. The highest BCUT2D eigenvalue weighted by Gasteiger charge is 2.28. The molecule has 1 amide bonds. The summed E-state index contributed by atoms with van der Waals surface area (Å²) in [5, 5.41) is 8.86. The first-order valence-corrected chi connectivity index (χ1v) is 6.01. The summed E-state index contributed by atoms with van der Waals surface area (Å²) in [6.45, 7) is 2.53. The molecule has 17 heavy (non-hydrogen) atoms. The van der Waals surface area contributed by atoms with Crippen LogP contribution in [0.15, 0.2) is 22.7 Å². The lowest BCUT2D eigenvalue weighted by Crippen LogP contribution is -2.42. The average molecular weight is 295 g/mol. The van der Waals surface area contributed by atoms with Crippen LogP contribution in [-0.4, -0.2) is 19.2 Å². The number of rotatable bonds is 1. The van der Waals surface area contributed by atoms with E-state index < -0.39 is 6.09 Å². The fourth-order valence-electron chi connectivity index (χ4n) is 1.64. The van der Waals surface area contributed by atoms with Crippen LogP contribution in [0.4, 0.5) is 10.5 Å². The minimum atomic E-state index is -0.396. The Bertz CT molecular complexity index is 496. The van der Waals surface area contributed by atoms with Gasteiger partial charge in [-0.25, -0.2) is 4.79 Å². The van der Waals surface area contributed by atoms with Crippen LogP contribution in [0, 0.1) is 24.2 Å². The SMILES string of the molecule is Cc1ccc(N2CC(C#N)COC2=O)cc1Br. The molecule has 1 fully saturated rings. The summed E-state index contributed by atoms with van der Waals surface area (Å²) in [6, 6.07) is 7.74. The molecule has 0 aromatic heterocycles. The number of cyclic esters (lactones) is 1. The van der Waals surface area contributed by atoms with Gasteiger partial charge in [-0.1, -0.05) is 22.0 Å². The van der Waals surface area contributed by atoms with Crippen LogP contribution >= 0.6 is 15.9 Å². The molecule has 0 spiro atoms. The first-order valence-electron chi connectivity index (χ1n) is 5.22. The molecule has 1 aliphatic heterocycles. The van der Waals surface area contributed by atoms with Crippen molar-refractivity contribution in [3.63, 3.8) is 0 Å². The zero-order valence-electron chi connectivity index (χ0n) is 9.31. The molecule has 1 aromatic rings. The molecule has 1 saturated heterocycles. The second-order valence-corrected chi connectivity index (χ2v) is 4.80. The van der Waals surface area contributed by atoms with Crippen molar-refractivity contribution < 1.29 is 9.53 Å². The summed E-state index contributed by atoms with van der Waals surface area (Å²) in [7, 11) is 0. The number of amides is 1. The Morgan fingerprint density at radius 3 is 3.00 bits per heavy atom. The van der Waals surface area contributed by atoms with Gasteiger partial charge in [0.05, 0.1) is 12.0 Å². The van der Waals surface area contributed by atoms with Crippen LogP contribution in [0.5, 0.6) is 0 Å². The van der Waals surface area contributed by atoms with Gasteiger partial charge in [-0.15, -0.1) is 0 Å². The van der Waals surface area contributed by atoms with Crippen molar-refractivity contribution >= 4 is 27.7 Å². The molecular weight excluding hydrogens is 284 g/mol. The maximum Gasteiger partial charge on any atom is 0.414 e. The predicted molar refractivity (Wildman–Crippen MR) is 66.7 cm³/mol. The quantitative estimate of drug-likeness (QED) is 0.800. The van der Waals surface area contributed by atoms with Crippen molar-refractivity contribution in [2.75, 3.05) is 18.1 Å². The summed E-state index contributed by atoms with van der Waals surface area (Å²) in [5.41, 5.74) is 1.84. The van der Waals surface area contributed by atoms with Crippen molar-refractivity contribution in [2.24, 2.45) is 5.92 Å². The van der Waals surface area contributed by atoms with Gasteiger partial charge in [-0.2, -0.15) is 5.26 Å². The van der Waals surface area contributed by atoms with E-state index in [1.54, 1.807) is 0 Å². The molecule has 1 aromatic carbocycles. The number of carbonyl (C=O) groups is 1. The van der Waals surface area contributed by atoms with E-state index in [0.29, 0.717) is 6.54 Å². The van der Waals surface area contributed by atoms with Gasteiger partial charge >= 0.3 is 6.09 Å². The number of benzene rings is 1. The topological polar surface area (TPSA) is 53.3 Å². The van der Waals surface area contributed by atoms with Crippen molar-refractivity contribution in [3.05, 3.63) is 28.2 Å². The number of nitrogens with zero attached hydrogens (tertiary/aromatic N) is 2. The summed E-state index contributed by atoms with van der Waals surface area (Å²) in [5.74, 6) is -0.271. The third-order valence-corrected chi connectivity index (χ3v) is 3.54. The Balaban J connectivity index is 2.28. The van der Waals surface area contributed by atoms with E-state index in [1.807, 2.05) is 25.1 Å². The Kier molecular flexibility index (Phi) is 3.34. The molecule has 1 atom stereocenters. The fraction of sp³-hybridized carbons (Fsp3) is 0.333. The fourth-order valence-corrected chi connectivity index (χ4v) is 2.00. The lowest BCUT2D eigenvalue weighted by molar-refractivity contribution is 0.127. The summed E-state index contributed by atoms with van der Waals surface area (Å²) < 4.78 is 5.90. The van der Waals surface area contributed by atoms with Gasteiger partial charge < -0.3 is 4.74 Å². The van der Waals surface area contributed by atoms with E-state index in [2.05, 4.69) is 22.0 Å². The number of ether oxygens (including phenoxy) is 1. The molecule has 5 heteroatoms. The van der Waals surface area contributed by atoms with E-state index in [4.69, 9.17) is 10.00 Å². The molecule has 0 saturated carbocycles. The largest absolute Gasteiger partial charge is 0.448 e. The number of anilines is 1. The molecule has 0 N–H and O–H groups in total. The average Bonchev–Trinajstić information content (AvgIpc) is 2.33. The third-order valence-electron chi connectivity index (χ3n) is 2.68. The molecule has 2 rings (SSSR count). The summed E-state index contributed by atoms with van der Waals surface area (Å²) in [6.07, 6.45) is -0.396. The predicted octanol–water partition coefficient (Wildman–Crippen LogP) is 2.85. The lowest BCUT2D eigenvalue weighted by Gasteiger charge is -2.29. The molecule has 0 radical (unpaired) electrons. The molecule has 1 unspecified atom stereocenters. The van der Waals surface area contributed by atoms with Crippen LogP contribution in [0.25, 0.3) is 0 Å². The first-order chi connectivity index (χ1) is 8.11. The summed E-state index contributed by atoms with van der Waals surface area (Å²) in [4.78, 5) is 13.1. The second kappa shape index (κ2) is 4.76. The van der Waals surface area contributed by atoms with Gasteiger partial charge in [0.15, 0.2) is 0 Å². The van der Waals surface area contributed by atoms with E-state index >= 15 is 0 Å². The maximum atomic E-state index is 11.6. The number of hydrogen-bond acceptors (Lipinski definition) is 3. The molecule has 1 heterocycles. The van der Waals surface area contributed by atoms with Crippen LogP contribution in [0.2, 0.25) is 0 Å². The highest BCUT2D eigenvalue weighted by molar-refractivity contribution is 9.10. The minimum Gasteiger partial charge on any atom is -0.448 e. The Hall–Kier alpha value is -1.54. The Morgan fingerprint density at radius 2 is 2.35 bits per heavy atom. The zero-order chi connectivity index (χ0) is 12.4. The van der Waals surface area contributed by atoms with Gasteiger partial charge in [0.2, 0.25) is 0 Å². The minimum absolute atomic E-state index is 0.179. The second-order valence-electron chi connectivity index (χ2n) is 3.95. The molecular formula is C12H11BrN2O2. The zero-order valence-corrected chi connectivity index (χ0v) is 10.9. The Labute approximate surface area is 108 Å². The number of carbonyl (C=O) groups excluding carboxylic acids is 1. The molecule has 1 aliphatic rings. The van der Waals surface area contributed by atoms with Crippen molar-refractivity contribution in [1.29, 1.82) is 5.26 Å². The van der Waals surface area contributed by atoms with Crippen LogP contribution in [0.3, 0.4) is 0 Å². The van der Waals surface area contributed by atoms with Crippen molar-refractivity contribution in [1.82, 2.24) is 0 Å². The van der Waals surface area contributed by atoms with Gasteiger partial charge in [0, 0.05) is 16.7 Å². The van der Waals surface area contributed by atoms with Crippen molar-refractivity contribution in [2.45, 2.75) is 6.92 Å². The molecule has 4 nitrogen and oxygen atoms in total. The van der Waals surface area contributed by atoms with Crippen LogP contribution < -0.4 is 4.90 Å². The van der Waals surface area contributed by atoms with Crippen LogP contribution in [-0.2, 0) is 4.74 Å². The number of aryl methyl sites for hydroxylation is 1. The van der Waals surface area contributed by atoms with E-state index in [0.717, 1.165) is 15.7 Å². The third kappa shape index (κ3) is 2.42. The lowest BCUT2D eigenvalue weighted by atomic mass is 10.1. The van der Waals surface area contributed by atoms with E-state index in [9.17, 15) is 4.79 Å². The monoisotopic (exact) mass is 294 g/mol. The number of hydrogen-bond donors (Lipinski definition) is 0. The van der Waals surface area contributed by atoms with E-state index in [-0.39, 0.29) is 12.5 Å². The highest BCUT2D eigenvalue weighted by atomic mass is 79.9. The maximum absolute atomic E-state index is 11.6. The van der Waals surface area contributed by atoms with Crippen LogP contribution in [0.1, 0.15) is 5.56 Å². The number of nitriles is 1. The van der Waals surface area contributed by atoms with Gasteiger partial charge in [-0.05, 0) is 24.6 Å². The highest BCUT2D eigenvalue weighted by Crippen LogP contribution is 2.26. The number of halogens is 1. The normalized spacial score (nSPS) is 19.7. The molecule has 0 aliphatic carbocycles. The molecule has 88 valence electrons. The standard InChI is InChI=1S/C12H11BrN2O2/c1-8-2-3-10(4-11(8)13)15-6-9(5-14)7-17-12(15)16/h2-4,9H,6-7H2,1H3. The smallest absolute Gasteiger partial charge is 0.414 e. The van der Waals surface area contributed by atoms with Gasteiger partial charge in [-0.3, -0.25) is 4.90 Å². The van der Waals surface area contributed by atoms with Gasteiger partial charge in [0.25, 0.3) is 0 Å². The van der Waals surface area contributed by atoms with Gasteiger partial charge in [0.1, 0.15) is 6.61 Å². The first kappa shape index (κ1) is 11.9. The van der Waals surface area contributed by atoms with Crippen molar-refractivity contribution in [3.8, 4) is 6.07 Å². The van der Waals surface area contributed by atoms with E-state index in [1.165, 1.54) is 4.90 Å².